The average Bonchev–Trinajstić information content (AvgIpc) is 2.69. The molecule has 0 radical (unpaired) electrons. The van der Waals surface area contributed by atoms with Crippen LogP contribution in [0.2, 0.25) is 0 Å². The zero-order valence-corrected chi connectivity index (χ0v) is 14.3. The van der Waals surface area contributed by atoms with Crippen LogP contribution in [-0.2, 0) is 14.3 Å². The SMILES string of the molecule is C[C@H](c1ccccc1)[C@H](O)[C@@H]1OC(=O)C=C[C@@H]1OC(=O)c1ccccc1. The van der Waals surface area contributed by atoms with Crippen molar-refractivity contribution < 1.29 is 24.2 Å². The molecule has 5 nitrogen and oxygen atoms in total. The molecule has 26 heavy (non-hydrogen) atoms. The molecule has 0 spiro atoms. The second-order valence-corrected chi connectivity index (χ2v) is 6.19. The second kappa shape index (κ2) is 7.97. The average molecular weight is 352 g/mol. The Labute approximate surface area is 151 Å². The van der Waals surface area contributed by atoms with Crippen LogP contribution in [0.25, 0.3) is 0 Å². The van der Waals surface area contributed by atoms with E-state index in [1.54, 1.807) is 30.3 Å². The molecule has 3 rings (SSSR count). The quantitative estimate of drug-likeness (QED) is 0.838. The van der Waals surface area contributed by atoms with Crippen molar-refractivity contribution in [2.24, 2.45) is 0 Å². The number of esters is 2. The largest absolute Gasteiger partial charge is 0.452 e. The number of carbonyl (C=O) groups is 2. The maximum absolute atomic E-state index is 12.3. The van der Waals surface area contributed by atoms with Gasteiger partial charge in [0.2, 0.25) is 0 Å². The molecule has 1 aliphatic rings. The third-order valence-corrected chi connectivity index (χ3v) is 4.42. The fourth-order valence-electron chi connectivity index (χ4n) is 2.90. The van der Waals surface area contributed by atoms with Crippen molar-refractivity contribution in [3.63, 3.8) is 0 Å². The fraction of sp³-hybridized carbons (Fsp3) is 0.238. The molecule has 1 aliphatic heterocycles. The van der Waals surface area contributed by atoms with E-state index < -0.39 is 30.3 Å². The minimum Gasteiger partial charge on any atom is -0.452 e. The Morgan fingerprint density at radius 1 is 1.08 bits per heavy atom. The number of aliphatic hydroxyl groups excluding tert-OH is 1. The van der Waals surface area contributed by atoms with E-state index in [0.29, 0.717) is 5.56 Å². The third-order valence-electron chi connectivity index (χ3n) is 4.42. The first-order valence-corrected chi connectivity index (χ1v) is 8.44. The van der Waals surface area contributed by atoms with E-state index in [0.717, 1.165) is 5.56 Å². The summed E-state index contributed by atoms with van der Waals surface area (Å²) in [6.07, 6.45) is -0.200. The minimum atomic E-state index is -1.03. The van der Waals surface area contributed by atoms with Crippen LogP contribution in [0.3, 0.4) is 0 Å². The van der Waals surface area contributed by atoms with E-state index >= 15 is 0 Å². The Hall–Kier alpha value is -2.92. The van der Waals surface area contributed by atoms with Gasteiger partial charge in [0.05, 0.1) is 5.56 Å². The number of hydrogen-bond acceptors (Lipinski definition) is 5. The molecule has 134 valence electrons. The van der Waals surface area contributed by atoms with Crippen LogP contribution in [0.1, 0.15) is 28.8 Å². The van der Waals surface area contributed by atoms with Gasteiger partial charge in [-0.25, -0.2) is 9.59 Å². The van der Waals surface area contributed by atoms with Gasteiger partial charge in [0, 0.05) is 12.0 Å². The molecule has 4 atom stereocenters. The zero-order chi connectivity index (χ0) is 18.5. The summed E-state index contributed by atoms with van der Waals surface area (Å²) in [6.45, 7) is 1.84. The van der Waals surface area contributed by atoms with Crippen LogP contribution < -0.4 is 0 Å². The smallest absolute Gasteiger partial charge is 0.338 e. The first kappa shape index (κ1) is 17.9. The van der Waals surface area contributed by atoms with Gasteiger partial charge in [-0.3, -0.25) is 0 Å². The zero-order valence-electron chi connectivity index (χ0n) is 14.3. The lowest BCUT2D eigenvalue weighted by atomic mass is 9.89. The van der Waals surface area contributed by atoms with Crippen molar-refractivity contribution in [2.45, 2.75) is 31.2 Å². The molecule has 0 fully saturated rings. The predicted octanol–water partition coefficient (Wildman–Crippen LogP) is 2.86. The van der Waals surface area contributed by atoms with Gasteiger partial charge in [-0.15, -0.1) is 0 Å². The van der Waals surface area contributed by atoms with Crippen LogP contribution in [0.4, 0.5) is 0 Å². The summed E-state index contributed by atoms with van der Waals surface area (Å²) in [7, 11) is 0. The monoisotopic (exact) mass is 352 g/mol. The molecule has 2 aromatic carbocycles. The van der Waals surface area contributed by atoms with Crippen molar-refractivity contribution in [1.29, 1.82) is 0 Å². The van der Waals surface area contributed by atoms with Crippen molar-refractivity contribution >= 4 is 11.9 Å². The molecule has 2 aromatic rings. The van der Waals surface area contributed by atoms with Crippen LogP contribution in [0, 0.1) is 0 Å². The lowest BCUT2D eigenvalue weighted by molar-refractivity contribution is -0.160. The lowest BCUT2D eigenvalue weighted by Gasteiger charge is -2.33. The standard InChI is InChI=1S/C21H20O5/c1-14(15-8-4-2-5-9-15)19(23)20-17(12-13-18(22)26-20)25-21(24)16-10-6-3-7-11-16/h2-14,17,19-20,23H,1H3/t14-,17+,19+,20-/m1/s1. The number of carbonyl (C=O) groups excluding carboxylic acids is 2. The Balaban J connectivity index is 1.78. The molecule has 0 saturated heterocycles. The van der Waals surface area contributed by atoms with Crippen LogP contribution in [0.5, 0.6) is 0 Å². The number of aliphatic hydroxyl groups is 1. The molecule has 0 amide bonds. The van der Waals surface area contributed by atoms with E-state index in [1.807, 2.05) is 37.3 Å². The van der Waals surface area contributed by atoms with E-state index in [4.69, 9.17) is 9.47 Å². The number of cyclic esters (lactones) is 1. The molecular formula is C21H20O5. The molecule has 5 heteroatoms. The van der Waals surface area contributed by atoms with Crippen LogP contribution in [-0.4, -0.2) is 35.4 Å². The number of benzene rings is 2. The summed E-state index contributed by atoms with van der Waals surface area (Å²) in [6, 6.07) is 17.9. The van der Waals surface area contributed by atoms with E-state index in [2.05, 4.69) is 0 Å². The molecule has 0 aromatic heterocycles. The van der Waals surface area contributed by atoms with Gasteiger partial charge in [0.25, 0.3) is 0 Å². The highest BCUT2D eigenvalue weighted by Gasteiger charge is 2.38. The highest BCUT2D eigenvalue weighted by Crippen LogP contribution is 2.27. The van der Waals surface area contributed by atoms with Gasteiger partial charge in [-0.2, -0.15) is 0 Å². The molecule has 0 saturated carbocycles. The van der Waals surface area contributed by atoms with Gasteiger partial charge in [-0.1, -0.05) is 55.5 Å². The minimum absolute atomic E-state index is 0.307. The molecule has 0 aliphatic carbocycles. The summed E-state index contributed by atoms with van der Waals surface area (Å²) in [5.41, 5.74) is 1.29. The summed E-state index contributed by atoms with van der Waals surface area (Å²) in [4.78, 5) is 24.0. The summed E-state index contributed by atoms with van der Waals surface area (Å²) in [5.74, 6) is -1.41. The molecule has 1 N–H and O–H groups in total. The molecule has 0 bridgehead atoms. The first-order valence-electron chi connectivity index (χ1n) is 8.44. The van der Waals surface area contributed by atoms with E-state index in [-0.39, 0.29) is 5.92 Å². The summed E-state index contributed by atoms with van der Waals surface area (Å²) in [5, 5.41) is 10.8. The molecule has 1 heterocycles. The highest BCUT2D eigenvalue weighted by atomic mass is 16.6. The first-order chi connectivity index (χ1) is 12.6. The van der Waals surface area contributed by atoms with Gasteiger partial charge >= 0.3 is 11.9 Å². The van der Waals surface area contributed by atoms with Gasteiger partial charge in [0.15, 0.2) is 12.2 Å². The van der Waals surface area contributed by atoms with E-state index in [1.165, 1.54) is 12.2 Å². The highest BCUT2D eigenvalue weighted by molar-refractivity contribution is 5.90. The summed E-state index contributed by atoms with van der Waals surface area (Å²) < 4.78 is 10.8. The fourth-order valence-corrected chi connectivity index (χ4v) is 2.90. The van der Waals surface area contributed by atoms with Crippen LogP contribution in [0.15, 0.2) is 72.8 Å². The maximum Gasteiger partial charge on any atom is 0.338 e. The van der Waals surface area contributed by atoms with Gasteiger partial charge < -0.3 is 14.6 Å². The van der Waals surface area contributed by atoms with Crippen molar-refractivity contribution in [2.75, 3.05) is 0 Å². The van der Waals surface area contributed by atoms with Crippen molar-refractivity contribution in [1.82, 2.24) is 0 Å². The normalized spacial score (nSPS) is 21.5. The predicted molar refractivity (Wildman–Crippen MR) is 95.5 cm³/mol. The van der Waals surface area contributed by atoms with E-state index in [9.17, 15) is 14.7 Å². The Morgan fingerprint density at radius 2 is 1.69 bits per heavy atom. The van der Waals surface area contributed by atoms with Gasteiger partial charge in [0.1, 0.15) is 6.10 Å². The third kappa shape index (κ3) is 4.00. The molecular weight excluding hydrogens is 332 g/mol. The number of hydrogen-bond donors (Lipinski definition) is 1. The Morgan fingerprint density at radius 3 is 2.35 bits per heavy atom. The summed E-state index contributed by atoms with van der Waals surface area (Å²) >= 11 is 0. The van der Waals surface area contributed by atoms with Crippen LogP contribution >= 0.6 is 0 Å². The second-order valence-electron chi connectivity index (χ2n) is 6.19. The number of ether oxygens (including phenoxy) is 2. The Bertz CT molecular complexity index is 785. The number of rotatable bonds is 5. The van der Waals surface area contributed by atoms with Gasteiger partial charge in [-0.05, 0) is 23.8 Å². The van der Waals surface area contributed by atoms with Crippen molar-refractivity contribution in [3.8, 4) is 0 Å². The molecule has 0 unspecified atom stereocenters. The lowest BCUT2D eigenvalue weighted by Crippen LogP contribution is -2.46. The Kier molecular flexibility index (Phi) is 5.49. The topological polar surface area (TPSA) is 72.8 Å². The maximum atomic E-state index is 12.3. The van der Waals surface area contributed by atoms with Crippen molar-refractivity contribution in [3.05, 3.63) is 83.9 Å².